The number of hydrogen-bond donors (Lipinski definition) is 1. The second-order valence-electron chi connectivity index (χ2n) is 7.11. The van der Waals surface area contributed by atoms with E-state index < -0.39 is 0 Å². The standard InChI is InChI=1S/C20H27N3O3/c1-14(15-5-6-18-19(12-15)25-11-10-24-18)21-13-16-4-3-9-26-20(16)17-7-8-22-23(17)2/h5-8,12,14,16,20-21H,3-4,9-11,13H2,1-2H3/t14?,16-,20+/m0/s1. The molecule has 3 atom stereocenters. The van der Waals surface area contributed by atoms with Crippen molar-refractivity contribution in [3.8, 4) is 11.5 Å². The lowest BCUT2D eigenvalue weighted by molar-refractivity contribution is -0.0328. The summed E-state index contributed by atoms with van der Waals surface area (Å²) in [6, 6.07) is 8.50. The lowest BCUT2D eigenvalue weighted by atomic mass is 9.91. The van der Waals surface area contributed by atoms with Crippen molar-refractivity contribution in [1.29, 1.82) is 0 Å². The van der Waals surface area contributed by atoms with Gasteiger partial charge in [0.05, 0.1) is 5.69 Å². The van der Waals surface area contributed by atoms with Gasteiger partial charge in [-0.05, 0) is 43.5 Å². The number of nitrogens with one attached hydrogen (secondary N) is 1. The Balaban J connectivity index is 1.41. The zero-order valence-electron chi connectivity index (χ0n) is 15.5. The van der Waals surface area contributed by atoms with Crippen LogP contribution in [0.4, 0.5) is 0 Å². The maximum Gasteiger partial charge on any atom is 0.161 e. The molecule has 0 saturated carbocycles. The number of fused-ring (bicyclic) bond motifs is 1. The van der Waals surface area contributed by atoms with Gasteiger partial charge in [-0.25, -0.2) is 0 Å². The Kier molecular flexibility index (Phi) is 5.13. The highest BCUT2D eigenvalue weighted by Crippen LogP contribution is 2.35. The van der Waals surface area contributed by atoms with E-state index >= 15 is 0 Å². The topological polar surface area (TPSA) is 57.5 Å². The number of hydrogen-bond acceptors (Lipinski definition) is 5. The summed E-state index contributed by atoms with van der Waals surface area (Å²) in [6.07, 6.45) is 4.22. The average Bonchev–Trinajstić information content (AvgIpc) is 3.11. The van der Waals surface area contributed by atoms with Crippen LogP contribution < -0.4 is 14.8 Å². The van der Waals surface area contributed by atoms with Gasteiger partial charge in [0.2, 0.25) is 0 Å². The molecule has 140 valence electrons. The van der Waals surface area contributed by atoms with Crippen LogP contribution in [0.5, 0.6) is 11.5 Å². The summed E-state index contributed by atoms with van der Waals surface area (Å²) in [5, 5.41) is 7.98. The summed E-state index contributed by atoms with van der Waals surface area (Å²) in [6.45, 7) is 5.16. The van der Waals surface area contributed by atoms with Crippen LogP contribution in [-0.4, -0.2) is 36.1 Å². The van der Waals surface area contributed by atoms with E-state index in [9.17, 15) is 0 Å². The summed E-state index contributed by atoms with van der Waals surface area (Å²) in [5.74, 6) is 2.12. The number of benzene rings is 1. The second kappa shape index (κ2) is 7.68. The Hall–Kier alpha value is -2.05. The van der Waals surface area contributed by atoms with E-state index in [4.69, 9.17) is 14.2 Å². The van der Waals surface area contributed by atoms with E-state index in [0.717, 1.165) is 43.2 Å². The first kappa shape index (κ1) is 17.4. The number of rotatable bonds is 5. The van der Waals surface area contributed by atoms with Crippen LogP contribution in [0.25, 0.3) is 0 Å². The first-order valence-corrected chi connectivity index (χ1v) is 9.45. The van der Waals surface area contributed by atoms with E-state index in [1.54, 1.807) is 0 Å². The molecule has 1 fully saturated rings. The number of aromatic nitrogens is 2. The summed E-state index contributed by atoms with van der Waals surface area (Å²) in [7, 11) is 1.98. The SMILES string of the molecule is CC(NC[C@@H]1CCCO[C@H]1c1ccnn1C)c1ccc2c(c1)OCCO2. The van der Waals surface area contributed by atoms with Crippen molar-refractivity contribution in [3.63, 3.8) is 0 Å². The quantitative estimate of drug-likeness (QED) is 0.891. The summed E-state index contributed by atoms with van der Waals surface area (Å²) in [4.78, 5) is 0. The van der Waals surface area contributed by atoms with Crippen LogP contribution in [0.3, 0.4) is 0 Å². The molecule has 0 radical (unpaired) electrons. The van der Waals surface area contributed by atoms with E-state index in [1.165, 1.54) is 5.56 Å². The van der Waals surface area contributed by atoms with E-state index in [0.29, 0.717) is 19.1 Å². The minimum Gasteiger partial charge on any atom is -0.486 e. The smallest absolute Gasteiger partial charge is 0.161 e. The van der Waals surface area contributed by atoms with Crippen LogP contribution >= 0.6 is 0 Å². The lowest BCUT2D eigenvalue weighted by Gasteiger charge is -2.33. The maximum absolute atomic E-state index is 6.09. The third-order valence-corrected chi connectivity index (χ3v) is 5.35. The first-order valence-electron chi connectivity index (χ1n) is 9.45. The van der Waals surface area contributed by atoms with Gasteiger partial charge < -0.3 is 19.5 Å². The Labute approximate surface area is 154 Å². The minimum atomic E-state index is 0.108. The zero-order valence-corrected chi connectivity index (χ0v) is 15.5. The predicted octanol–water partition coefficient (Wildman–Crippen LogP) is 3.01. The summed E-state index contributed by atoms with van der Waals surface area (Å²) >= 11 is 0. The zero-order chi connectivity index (χ0) is 17.9. The highest BCUT2D eigenvalue weighted by molar-refractivity contribution is 5.44. The van der Waals surface area contributed by atoms with Crippen LogP contribution in [0.15, 0.2) is 30.5 Å². The molecule has 0 aliphatic carbocycles. The summed E-state index contributed by atoms with van der Waals surface area (Å²) < 4.78 is 19.3. The molecule has 0 spiro atoms. The van der Waals surface area contributed by atoms with Crippen LogP contribution in [-0.2, 0) is 11.8 Å². The van der Waals surface area contributed by atoms with E-state index in [-0.39, 0.29) is 12.1 Å². The van der Waals surface area contributed by atoms with Gasteiger partial charge in [0.1, 0.15) is 19.3 Å². The van der Waals surface area contributed by atoms with E-state index in [2.05, 4.69) is 35.5 Å². The van der Waals surface area contributed by atoms with Gasteiger partial charge in [-0.15, -0.1) is 0 Å². The highest BCUT2D eigenvalue weighted by Gasteiger charge is 2.29. The van der Waals surface area contributed by atoms with Gasteiger partial charge in [0, 0.05) is 38.4 Å². The molecule has 1 N–H and O–H groups in total. The van der Waals surface area contributed by atoms with Crippen molar-refractivity contribution in [2.75, 3.05) is 26.4 Å². The van der Waals surface area contributed by atoms with Crippen molar-refractivity contribution >= 4 is 0 Å². The monoisotopic (exact) mass is 357 g/mol. The minimum absolute atomic E-state index is 0.108. The third kappa shape index (κ3) is 3.57. The molecule has 0 amide bonds. The van der Waals surface area contributed by atoms with Gasteiger partial charge in [-0.3, -0.25) is 4.68 Å². The second-order valence-corrected chi connectivity index (χ2v) is 7.11. The number of ether oxygens (including phenoxy) is 3. The molecule has 2 aromatic rings. The van der Waals surface area contributed by atoms with Crippen molar-refractivity contribution in [3.05, 3.63) is 41.7 Å². The third-order valence-electron chi connectivity index (χ3n) is 5.35. The Morgan fingerprint density at radius 3 is 2.85 bits per heavy atom. The highest BCUT2D eigenvalue weighted by atomic mass is 16.6. The van der Waals surface area contributed by atoms with Gasteiger partial charge >= 0.3 is 0 Å². The Bertz CT molecular complexity index is 746. The van der Waals surface area contributed by atoms with Crippen molar-refractivity contribution < 1.29 is 14.2 Å². The fourth-order valence-corrected chi connectivity index (χ4v) is 3.82. The number of aryl methyl sites for hydroxylation is 1. The van der Waals surface area contributed by atoms with Crippen LogP contribution in [0, 0.1) is 5.92 Å². The normalized spacial score (nSPS) is 23.6. The molecule has 1 saturated heterocycles. The fraction of sp³-hybridized carbons (Fsp3) is 0.550. The van der Waals surface area contributed by atoms with Gasteiger partial charge in [-0.1, -0.05) is 6.07 Å². The largest absolute Gasteiger partial charge is 0.486 e. The molecule has 2 aliphatic heterocycles. The van der Waals surface area contributed by atoms with Gasteiger partial charge in [0.15, 0.2) is 11.5 Å². The average molecular weight is 357 g/mol. The molecule has 6 nitrogen and oxygen atoms in total. The van der Waals surface area contributed by atoms with Crippen molar-refractivity contribution in [2.24, 2.45) is 13.0 Å². The first-order chi connectivity index (χ1) is 12.7. The lowest BCUT2D eigenvalue weighted by Crippen LogP contribution is -2.34. The maximum atomic E-state index is 6.09. The summed E-state index contributed by atoms with van der Waals surface area (Å²) in [5.41, 5.74) is 2.37. The predicted molar refractivity (Wildman–Crippen MR) is 98.5 cm³/mol. The molecule has 1 aromatic heterocycles. The molecular weight excluding hydrogens is 330 g/mol. The van der Waals surface area contributed by atoms with Crippen molar-refractivity contribution in [2.45, 2.75) is 31.9 Å². The molecule has 2 aliphatic rings. The van der Waals surface area contributed by atoms with Crippen LogP contribution in [0.2, 0.25) is 0 Å². The molecule has 0 bridgehead atoms. The number of nitrogens with zero attached hydrogens (tertiary/aromatic N) is 2. The molecule has 3 heterocycles. The van der Waals surface area contributed by atoms with Gasteiger partial charge in [-0.2, -0.15) is 5.10 Å². The van der Waals surface area contributed by atoms with Crippen molar-refractivity contribution in [1.82, 2.24) is 15.1 Å². The fourth-order valence-electron chi connectivity index (χ4n) is 3.82. The molecular formula is C20H27N3O3. The molecule has 26 heavy (non-hydrogen) atoms. The molecule has 1 unspecified atom stereocenters. The molecule has 6 heteroatoms. The Morgan fingerprint density at radius 2 is 2.04 bits per heavy atom. The van der Waals surface area contributed by atoms with E-state index in [1.807, 2.05) is 24.0 Å². The van der Waals surface area contributed by atoms with Gasteiger partial charge in [0.25, 0.3) is 0 Å². The Morgan fingerprint density at radius 1 is 1.19 bits per heavy atom. The van der Waals surface area contributed by atoms with Crippen LogP contribution in [0.1, 0.15) is 43.2 Å². The molecule has 4 rings (SSSR count). The molecule has 1 aromatic carbocycles.